The Morgan fingerprint density at radius 1 is 1.60 bits per heavy atom. The van der Waals surface area contributed by atoms with Gasteiger partial charge in [-0.25, -0.2) is 0 Å². The summed E-state index contributed by atoms with van der Waals surface area (Å²) in [5, 5.41) is 14.1. The Morgan fingerprint density at radius 2 is 2.20 bits per heavy atom. The molecule has 15 heavy (non-hydrogen) atoms. The van der Waals surface area contributed by atoms with Gasteiger partial charge in [-0.1, -0.05) is 19.0 Å². The smallest absolute Gasteiger partial charge is 0.223 e. The largest absolute Gasteiger partial charge is 0.409 e. The highest BCUT2D eigenvalue weighted by atomic mass is 16.4. The van der Waals surface area contributed by atoms with E-state index in [-0.39, 0.29) is 23.6 Å². The maximum absolute atomic E-state index is 11.6. The molecule has 0 spiro atoms. The molecular weight excluding hydrogens is 194 g/mol. The van der Waals surface area contributed by atoms with Crippen LogP contribution in [0.15, 0.2) is 5.16 Å². The third kappa shape index (κ3) is 3.42. The summed E-state index contributed by atoms with van der Waals surface area (Å²) in [7, 11) is 0. The van der Waals surface area contributed by atoms with E-state index in [1.54, 1.807) is 6.92 Å². The summed E-state index contributed by atoms with van der Waals surface area (Å²) in [6, 6.07) is 0. The Labute approximate surface area is 89.7 Å². The molecule has 0 aromatic heterocycles. The first-order valence-electron chi connectivity index (χ1n) is 5.31. The van der Waals surface area contributed by atoms with Gasteiger partial charge in [-0.05, 0) is 18.8 Å². The van der Waals surface area contributed by atoms with Crippen LogP contribution in [-0.2, 0) is 4.79 Å². The quantitative estimate of drug-likeness (QED) is 0.269. The number of oxime groups is 1. The number of nitrogens with zero attached hydrogens (tertiary/aromatic N) is 1. The zero-order valence-corrected chi connectivity index (χ0v) is 9.23. The SMILES string of the molecule is CC(CNC(=O)C(C)C1CC1)C(N)=NO. The lowest BCUT2D eigenvalue weighted by atomic mass is 10.1. The Balaban J connectivity index is 2.26. The minimum Gasteiger partial charge on any atom is -0.409 e. The first-order chi connectivity index (χ1) is 7.06. The molecule has 0 bridgehead atoms. The van der Waals surface area contributed by atoms with Crippen molar-refractivity contribution in [3.63, 3.8) is 0 Å². The van der Waals surface area contributed by atoms with Gasteiger partial charge in [0.05, 0.1) is 0 Å². The summed E-state index contributed by atoms with van der Waals surface area (Å²) in [6.45, 7) is 4.17. The molecule has 2 unspecified atom stereocenters. The summed E-state index contributed by atoms with van der Waals surface area (Å²) in [5.74, 6) is 0.725. The van der Waals surface area contributed by atoms with E-state index in [9.17, 15) is 4.79 Å². The fraction of sp³-hybridized carbons (Fsp3) is 0.800. The number of hydrogen-bond acceptors (Lipinski definition) is 3. The van der Waals surface area contributed by atoms with Gasteiger partial charge >= 0.3 is 0 Å². The Morgan fingerprint density at radius 3 is 2.67 bits per heavy atom. The molecule has 1 fully saturated rings. The van der Waals surface area contributed by atoms with Crippen molar-refractivity contribution in [2.24, 2.45) is 28.6 Å². The first-order valence-corrected chi connectivity index (χ1v) is 5.31. The minimum atomic E-state index is -0.134. The van der Waals surface area contributed by atoms with Crippen molar-refractivity contribution in [2.75, 3.05) is 6.54 Å². The summed E-state index contributed by atoms with van der Waals surface area (Å²) in [6.07, 6.45) is 2.31. The maximum atomic E-state index is 11.6. The van der Waals surface area contributed by atoms with Crippen molar-refractivity contribution in [1.29, 1.82) is 0 Å². The zero-order chi connectivity index (χ0) is 11.4. The lowest BCUT2D eigenvalue weighted by molar-refractivity contribution is -0.125. The number of amidine groups is 1. The molecule has 1 saturated carbocycles. The number of amides is 1. The van der Waals surface area contributed by atoms with Crippen molar-refractivity contribution in [1.82, 2.24) is 5.32 Å². The molecule has 2 atom stereocenters. The van der Waals surface area contributed by atoms with Crippen molar-refractivity contribution in [3.8, 4) is 0 Å². The summed E-state index contributed by atoms with van der Waals surface area (Å²) >= 11 is 0. The average Bonchev–Trinajstić information content (AvgIpc) is 3.06. The number of nitrogens with one attached hydrogen (secondary N) is 1. The van der Waals surface area contributed by atoms with Crippen LogP contribution in [0.25, 0.3) is 0 Å². The fourth-order valence-corrected chi connectivity index (χ4v) is 1.43. The predicted molar refractivity (Wildman–Crippen MR) is 57.5 cm³/mol. The van der Waals surface area contributed by atoms with Gasteiger partial charge in [0, 0.05) is 18.4 Å². The molecule has 0 saturated heterocycles. The van der Waals surface area contributed by atoms with E-state index < -0.39 is 0 Å². The second-order valence-corrected chi connectivity index (χ2v) is 4.30. The molecular formula is C10H19N3O2. The number of hydrogen-bond donors (Lipinski definition) is 3. The number of carbonyl (C=O) groups excluding carboxylic acids is 1. The van der Waals surface area contributed by atoms with E-state index in [1.165, 1.54) is 0 Å². The van der Waals surface area contributed by atoms with E-state index in [0.29, 0.717) is 12.5 Å². The predicted octanol–water partition coefficient (Wildman–Crippen LogP) is 0.531. The Hall–Kier alpha value is -1.26. The monoisotopic (exact) mass is 213 g/mol. The molecule has 1 amide bonds. The lowest BCUT2D eigenvalue weighted by Gasteiger charge is -2.14. The third-order valence-corrected chi connectivity index (χ3v) is 2.95. The van der Waals surface area contributed by atoms with Crippen molar-refractivity contribution < 1.29 is 10.0 Å². The number of nitrogens with two attached hydrogens (primary N) is 1. The van der Waals surface area contributed by atoms with Crippen LogP contribution in [0.5, 0.6) is 0 Å². The Kier molecular flexibility index (Phi) is 3.94. The van der Waals surface area contributed by atoms with Crippen LogP contribution in [0.4, 0.5) is 0 Å². The van der Waals surface area contributed by atoms with Crippen LogP contribution in [0.3, 0.4) is 0 Å². The van der Waals surface area contributed by atoms with Crippen molar-refractivity contribution in [3.05, 3.63) is 0 Å². The standard InChI is InChI=1S/C10H19N3O2/c1-6(9(11)13-15)5-12-10(14)7(2)8-3-4-8/h6-8,15H,3-5H2,1-2H3,(H2,11,13)(H,12,14). The lowest BCUT2D eigenvalue weighted by Crippen LogP contribution is -2.37. The molecule has 1 aliphatic carbocycles. The highest BCUT2D eigenvalue weighted by Crippen LogP contribution is 2.36. The first kappa shape index (κ1) is 11.8. The highest BCUT2D eigenvalue weighted by Gasteiger charge is 2.32. The molecule has 1 rings (SSSR count). The summed E-state index contributed by atoms with van der Waals surface area (Å²) in [4.78, 5) is 11.6. The topological polar surface area (TPSA) is 87.7 Å². The van der Waals surface area contributed by atoms with Gasteiger partial charge in [-0.15, -0.1) is 0 Å². The minimum absolute atomic E-state index is 0.0649. The summed E-state index contributed by atoms with van der Waals surface area (Å²) < 4.78 is 0. The zero-order valence-electron chi connectivity index (χ0n) is 9.23. The molecule has 4 N–H and O–H groups in total. The molecule has 1 aliphatic rings. The second-order valence-electron chi connectivity index (χ2n) is 4.30. The van der Waals surface area contributed by atoms with Crippen LogP contribution in [0.1, 0.15) is 26.7 Å². The van der Waals surface area contributed by atoms with E-state index in [1.807, 2.05) is 6.92 Å². The number of rotatable bonds is 5. The van der Waals surface area contributed by atoms with Gasteiger partial charge in [-0.2, -0.15) is 0 Å². The molecule has 5 nitrogen and oxygen atoms in total. The van der Waals surface area contributed by atoms with Crippen LogP contribution in [0, 0.1) is 17.8 Å². The van der Waals surface area contributed by atoms with Crippen molar-refractivity contribution in [2.45, 2.75) is 26.7 Å². The van der Waals surface area contributed by atoms with E-state index in [2.05, 4.69) is 10.5 Å². The van der Waals surface area contributed by atoms with E-state index >= 15 is 0 Å². The van der Waals surface area contributed by atoms with Crippen LogP contribution in [-0.4, -0.2) is 23.5 Å². The van der Waals surface area contributed by atoms with Gasteiger partial charge < -0.3 is 16.3 Å². The van der Waals surface area contributed by atoms with Crippen molar-refractivity contribution >= 4 is 11.7 Å². The van der Waals surface area contributed by atoms with Gasteiger partial charge in [0.15, 0.2) is 0 Å². The molecule has 0 aromatic rings. The average molecular weight is 213 g/mol. The third-order valence-electron chi connectivity index (χ3n) is 2.95. The van der Waals surface area contributed by atoms with Crippen LogP contribution < -0.4 is 11.1 Å². The van der Waals surface area contributed by atoms with E-state index in [4.69, 9.17) is 10.9 Å². The van der Waals surface area contributed by atoms with E-state index in [0.717, 1.165) is 12.8 Å². The molecule has 0 radical (unpaired) electrons. The highest BCUT2D eigenvalue weighted by molar-refractivity contribution is 5.83. The molecule has 5 heteroatoms. The van der Waals surface area contributed by atoms with Gasteiger partial charge in [0.1, 0.15) is 5.84 Å². The van der Waals surface area contributed by atoms with Gasteiger partial charge in [-0.3, -0.25) is 4.79 Å². The number of carbonyl (C=O) groups is 1. The maximum Gasteiger partial charge on any atom is 0.223 e. The molecule has 0 aromatic carbocycles. The van der Waals surface area contributed by atoms with Crippen LogP contribution in [0.2, 0.25) is 0 Å². The fourth-order valence-electron chi connectivity index (χ4n) is 1.43. The Bertz CT molecular complexity index is 261. The normalized spacial score (nSPS) is 20.8. The molecule has 86 valence electrons. The van der Waals surface area contributed by atoms with Gasteiger partial charge in [0.2, 0.25) is 5.91 Å². The molecule has 0 heterocycles. The van der Waals surface area contributed by atoms with Gasteiger partial charge in [0.25, 0.3) is 0 Å². The van der Waals surface area contributed by atoms with Crippen LogP contribution >= 0.6 is 0 Å². The summed E-state index contributed by atoms with van der Waals surface area (Å²) in [5.41, 5.74) is 5.40. The second kappa shape index (κ2) is 5.00. The molecule has 0 aliphatic heterocycles.